The van der Waals surface area contributed by atoms with Crippen molar-refractivity contribution >= 4 is 41.0 Å². The van der Waals surface area contributed by atoms with Crippen LogP contribution in [0.1, 0.15) is 59.0 Å². The number of hydrogen-bond acceptors (Lipinski definition) is 7. The van der Waals surface area contributed by atoms with Crippen molar-refractivity contribution in [2.45, 2.75) is 71.9 Å². The average Bonchev–Trinajstić information content (AvgIpc) is 3.20. The van der Waals surface area contributed by atoms with Crippen LogP contribution in [-0.4, -0.2) is 51.5 Å². The van der Waals surface area contributed by atoms with Crippen LogP contribution in [0.4, 0.5) is 0 Å². The van der Waals surface area contributed by atoms with Crippen LogP contribution < -0.4 is 19.5 Å². The summed E-state index contributed by atoms with van der Waals surface area (Å²) in [7, 11) is 0. The lowest BCUT2D eigenvalue weighted by Gasteiger charge is -2.38. The molecular weight excluding hydrogens is 765 g/mol. The Hall–Kier alpha value is -5.58. The number of pyridine rings is 1. The zero-order valence-electron chi connectivity index (χ0n) is 32.1. The number of amides is 2. The van der Waals surface area contributed by atoms with Crippen LogP contribution in [0.3, 0.4) is 0 Å². The summed E-state index contributed by atoms with van der Waals surface area (Å²) < 4.78 is 18.6. The first kappa shape index (κ1) is 39.6. The molecule has 0 radical (unpaired) electrons. The standard InChI is InChI=1S/C45H43Cl2N3O7/c1-25(2)44(52)50-22-33-21-41-40(56-24-42(57-41)31-10-12-34(13-11-31)55-23-29-7-14-36(46)37(47)17-29)20-32(33)19-39(50)43(51)49-38(45(53)54)18-28-5-8-30(9-6-28)35-15-16-48-27(4)26(35)3/h5-17,20-21,25,38-39,42H,18-19,22-24H2,1-4H3,(H,49,51)(H,53,54)/t38?,39-,42+/m0/s1. The molecule has 0 spiro atoms. The predicted molar refractivity (Wildman–Crippen MR) is 218 cm³/mol. The number of ether oxygens (including phenoxy) is 3. The number of nitrogens with one attached hydrogen (secondary N) is 1. The number of nitrogens with zero attached hydrogens (tertiary/aromatic N) is 2. The van der Waals surface area contributed by atoms with Crippen LogP contribution in [0, 0.1) is 19.8 Å². The molecule has 0 bridgehead atoms. The molecule has 0 saturated carbocycles. The zero-order valence-corrected chi connectivity index (χ0v) is 33.6. The van der Waals surface area contributed by atoms with Crippen molar-refractivity contribution in [2.75, 3.05) is 6.61 Å². The van der Waals surface area contributed by atoms with Gasteiger partial charge >= 0.3 is 5.97 Å². The molecule has 2 aliphatic heterocycles. The van der Waals surface area contributed by atoms with Crippen molar-refractivity contribution in [1.29, 1.82) is 0 Å². The predicted octanol–water partition coefficient (Wildman–Crippen LogP) is 8.49. The number of rotatable bonds is 11. The third-order valence-corrected chi connectivity index (χ3v) is 11.3. The highest BCUT2D eigenvalue weighted by atomic mass is 35.5. The lowest BCUT2D eigenvalue weighted by Crippen LogP contribution is -2.56. The van der Waals surface area contributed by atoms with Gasteiger partial charge in [-0.05, 0) is 101 Å². The molecule has 1 unspecified atom stereocenters. The highest BCUT2D eigenvalue weighted by molar-refractivity contribution is 6.42. The van der Waals surface area contributed by atoms with Gasteiger partial charge in [-0.2, -0.15) is 0 Å². The van der Waals surface area contributed by atoms with E-state index in [2.05, 4.69) is 10.3 Å². The summed E-state index contributed by atoms with van der Waals surface area (Å²) in [6.45, 7) is 8.29. The lowest BCUT2D eigenvalue weighted by molar-refractivity contribution is -0.146. The normalized spacial score (nSPS) is 16.4. The highest BCUT2D eigenvalue weighted by Crippen LogP contribution is 2.41. The van der Waals surface area contributed by atoms with Crippen molar-refractivity contribution in [2.24, 2.45) is 5.92 Å². The molecule has 2 aliphatic rings. The number of benzene rings is 4. The number of carboxylic acid groups (broad SMARTS) is 1. The van der Waals surface area contributed by atoms with Crippen LogP contribution in [0.15, 0.2) is 91.1 Å². The summed E-state index contributed by atoms with van der Waals surface area (Å²) in [4.78, 5) is 45.9. The number of carbonyl (C=O) groups excluding carboxylic acids is 2. The molecule has 3 heterocycles. The first-order valence-electron chi connectivity index (χ1n) is 18.8. The minimum atomic E-state index is -1.20. The molecule has 0 saturated heterocycles. The molecule has 0 fully saturated rings. The second-order valence-corrected chi connectivity index (χ2v) is 15.6. The fourth-order valence-electron chi connectivity index (χ4n) is 7.16. The number of hydrogen-bond donors (Lipinski definition) is 2. The molecule has 4 aromatic carbocycles. The molecule has 7 rings (SSSR count). The number of carbonyl (C=O) groups is 3. The van der Waals surface area contributed by atoms with Gasteiger partial charge in [0.2, 0.25) is 11.8 Å². The summed E-state index contributed by atoms with van der Waals surface area (Å²) in [5, 5.41) is 13.9. The summed E-state index contributed by atoms with van der Waals surface area (Å²) in [5.74, 6) is -0.527. The third-order valence-electron chi connectivity index (χ3n) is 10.6. The van der Waals surface area contributed by atoms with Gasteiger partial charge in [-0.3, -0.25) is 14.6 Å². The van der Waals surface area contributed by atoms with Gasteiger partial charge in [0.1, 0.15) is 31.0 Å². The van der Waals surface area contributed by atoms with Crippen LogP contribution in [0.5, 0.6) is 17.2 Å². The first-order chi connectivity index (χ1) is 27.3. The van der Waals surface area contributed by atoms with Gasteiger partial charge in [0.25, 0.3) is 0 Å². The number of aliphatic carboxylic acids is 1. The van der Waals surface area contributed by atoms with Crippen LogP contribution in [0.25, 0.3) is 11.1 Å². The molecule has 294 valence electrons. The Balaban J connectivity index is 1.03. The minimum absolute atomic E-state index is 0.0749. The molecule has 57 heavy (non-hydrogen) atoms. The maximum Gasteiger partial charge on any atom is 0.326 e. The van der Waals surface area contributed by atoms with Crippen molar-refractivity contribution in [3.63, 3.8) is 0 Å². The summed E-state index contributed by atoms with van der Waals surface area (Å²) in [6, 6.07) is 24.2. The van der Waals surface area contributed by atoms with Gasteiger partial charge in [0.15, 0.2) is 17.6 Å². The van der Waals surface area contributed by atoms with E-state index in [0.717, 1.165) is 50.2 Å². The van der Waals surface area contributed by atoms with Gasteiger partial charge in [-0.1, -0.05) is 79.5 Å². The van der Waals surface area contributed by atoms with E-state index >= 15 is 0 Å². The fourth-order valence-corrected chi connectivity index (χ4v) is 7.49. The average molecular weight is 809 g/mol. The number of aromatic nitrogens is 1. The largest absolute Gasteiger partial charge is 0.489 e. The van der Waals surface area contributed by atoms with E-state index in [1.807, 2.05) is 86.6 Å². The molecule has 10 nitrogen and oxygen atoms in total. The molecule has 1 aromatic heterocycles. The Labute approximate surface area is 341 Å². The number of carboxylic acids is 1. The molecule has 2 amide bonds. The number of aryl methyl sites for hydroxylation is 1. The Kier molecular flexibility index (Phi) is 11.7. The van der Waals surface area contributed by atoms with Crippen molar-refractivity contribution < 1.29 is 33.7 Å². The van der Waals surface area contributed by atoms with Crippen LogP contribution >= 0.6 is 23.2 Å². The second kappa shape index (κ2) is 16.9. The van der Waals surface area contributed by atoms with E-state index in [4.69, 9.17) is 37.4 Å². The molecular formula is C45H43Cl2N3O7. The fraction of sp³-hybridized carbons (Fsp3) is 0.289. The monoisotopic (exact) mass is 807 g/mol. The van der Waals surface area contributed by atoms with E-state index in [9.17, 15) is 19.5 Å². The van der Waals surface area contributed by atoms with Gasteiger partial charge in [0, 0.05) is 37.2 Å². The Morgan fingerprint density at radius 2 is 1.63 bits per heavy atom. The van der Waals surface area contributed by atoms with Crippen molar-refractivity contribution in [3.8, 4) is 28.4 Å². The minimum Gasteiger partial charge on any atom is -0.489 e. The number of fused-ring (bicyclic) bond motifs is 2. The maximum atomic E-state index is 14.0. The molecule has 3 atom stereocenters. The Morgan fingerprint density at radius 3 is 2.33 bits per heavy atom. The molecule has 0 aliphatic carbocycles. The third kappa shape index (κ3) is 8.87. The quantitative estimate of drug-likeness (QED) is 0.136. The van der Waals surface area contributed by atoms with Crippen LogP contribution in [0.2, 0.25) is 10.0 Å². The number of halogens is 2. The zero-order chi connectivity index (χ0) is 40.4. The highest BCUT2D eigenvalue weighted by Gasteiger charge is 2.38. The topological polar surface area (TPSA) is 127 Å². The SMILES string of the molecule is Cc1nccc(-c2ccc(CC(NC(=O)[C@@H]3Cc4cc5c(cc4CN3C(=O)C(C)C)O[C@@H](c3ccc(OCc4ccc(Cl)c(Cl)c4)cc3)CO5)C(=O)O)cc2)c1C. The lowest BCUT2D eigenvalue weighted by atomic mass is 9.91. The smallest absolute Gasteiger partial charge is 0.326 e. The van der Waals surface area contributed by atoms with Gasteiger partial charge in [0.05, 0.1) is 10.0 Å². The molecule has 2 N–H and O–H groups in total. The maximum absolute atomic E-state index is 14.0. The Morgan fingerprint density at radius 1 is 0.912 bits per heavy atom. The van der Waals surface area contributed by atoms with E-state index < -0.39 is 24.0 Å². The summed E-state index contributed by atoms with van der Waals surface area (Å²) >= 11 is 12.2. The molecule has 5 aromatic rings. The first-order valence-corrected chi connectivity index (χ1v) is 19.6. The van der Waals surface area contributed by atoms with E-state index in [1.54, 1.807) is 37.1 Å². The summed E-state index contributed by atoms with van der Waals surface area (Å²) in [5.41, 5.74) is 8.27. The van der Waals surface area contributed by atoms with E-state index in [0.29, 0.717) is 33.9 Å². The summed E-state index contributed by atoms with van der Waals surface area (Å²) in [6.07, 6.45) is 1.65. The van der Waals surface area contributed by atoms with Gasteiger partial charge < -0.3 is 29.5 Å². The van der Waals surface area contributed by atoms with Crippen LogP contribution in [-0.2, 0) is 40.4 Å². The van der Waals surface area contributed by atoms with Gasteiger partial charge in [-0.25, -0.2) is 4.79 Å². The van der Waals surface area contributed by atoms with Crippen molar-refractivity contribution in [1.82, 2.24) is 15.2 Å². The van der Waals surface area contributed by atoms with Gasteiger partial charge in [-0.15, -0.1) is 0 Å². The van der Waals surface area contributed by atoms with E-state index in [-0.39, 0.29) is 43.9 Å². The Bertz CT molecular complexity index is 2310. The second-order valence-electron chi connectivity index (χ2n) is 14.8. The van der Waals surface area contributed by atoms with E-state index in [1.165, 1.54) is 0 Å². The molecule has 12 heteroatoms. The van der Waals surface area contributed by atoms with Crippen molar-refractivity contribution in [3.05, 3.63) is 140 Å².